The van der Waals surface area contributed by atoms with Gasteiger partial charge >= 0.3 is 0 Å². The van der Waals surface area contributed by atoms with E-state index in [9.17, 15) is 0 Å². The first-order chi connectivity index (χ1) is 6.15. The Labute approximate surface area is 84.1 Å². The van der Waals surface area contributed by atoms with Crippen molar-refractivity contribution in [3.05, 3.63) is 0 Å². The molecule has 1 aliphatic carbocycles. The Balaban J connectivity index is 2.21. The molecular formula is C13H26. The first kappa shape index (κ1) is 11.1. The van der Waals surface area contributed by atoms with Crippen LogP contribution < -0.4 is 0 Å². The second-order valence-corrected chi connectivity index (χ2v) is 5.40. The summed E-state index contributed by atoms with van der Waals surface area (Å²) >= 11 is 0. The second kappa shape index (κ2) is 5.02. The van der Waals surface area contributed by atoms with Gasteiger partial charge in [-0.25, -0.2) is 0 Å². The predicted octanol–water partition coefficient (Wildman–Crippen LogP) is 4.49. The Morgan fingerprint density at radius 2 is 1.92 bits per heavy atom. The maximum atomic E-state index is 2.44. The summed E-state index contributed by atoms with van der Waals surface area (Å²) in [6.45, 7) is 9.45. The molecule has 78 valence electrons. The fourth-order valence-corrected chi connectivity index (χ4v) is 2.84. The lowest BCUT2D eigenvalue weighted by Gasteiger charge is -2.44. The minimum Gasteiger partial charge on any atom is -0.0654 e. The molecule has 0 spiro atoms. The molecule has 0 bridgehead atoms. The zero-order valence-corrected chi connectivity index (χ0v) is 9.84. The summed E-state index contributed by atoms with van der Waals surface area (Å²) < 4.78 is 0. The molecular weight excluding hydrogens is 156 g/mol. The van der Waals surface area contributed by atoms with Gasteiger partial charge in [-0.2, -0.15) is 0 Å². The molecule has 0 aromatic heterocycles. The van der Waals surface area contributed by atoms with Crippen LogP contribution >= 0.6 is 0 Å². The first-order valence-corrected chi connectivity index (χ1v) is 6.15. The zero-order valence-electron chi connectivity index (χ0n) is 9.84. The maximum absolute atomic E-state index is 2.44. The Morgan fingerprint density at radius 3 is 2.38 bits per heavy atom. The van der Waals surface area contributed by atoms with Crippen LogP contribution in [0.2, 0.25) is 0 Å². The zero-order chi connectivity index (χ0) is 9.84. The van der Waals surface area contributed by atoms with Gasteiger partial charge in [-0.05, 0) is 36.5 Å². The van der Waals surface area contributed by atoms with E-state index in [-0.39, 0.29) is 0 Å². The van der Waals surface area contributed by atoms with Crippen LogP contribution in [0.25, 0.3) is 0 Å². The molecule has 0 aromatic rings. The highest BCUT2D eigenvalue weighted by atomic mass is 14.4. The third-order valence-corrected chi connectivity index (χ3v) is 3.75. The Bertz CT molecular complexity index is 135. The second-order valence-electron chi connectivity index (χ2n) is 5.40. The monoisotopic (exact) mass is 182 g/mol. The lowest BCUT2D eigenvalue weighted by molar-refractivity contribution is 0.0643. The highest BCUT2D eigenvalue weighted by molar-refractivity contribution is 4.86. The topological polar surface area (TPSA) is 0 Å². The Morgan fingerprint density at radius 1 is 1.23 bits per heavy atom. The van der Waals surface area contributed by atoms with E-state index < -0.39 is 0 Å². The van der Waals surface area contributed by atoms with Crippen LogP contribution in [0, 0.1) is 23.7 Å². The summed E-state index contributed by atoms with van der Waals surface area (Å²) in [5.74, 6) is 4.08. The van der Waals surface area contributed by atoms with E-state index in [0.717, 1.165) is 23.7 Å². The summed E-state index contributed by atoms with van der Waals surface area (Å²) in [7, 11) is 0. The predicted molar refractivity (Wildman–Crippen MR) is 59.7 cm³/mol. The van der Waals surface area contributed by atoms with Crippen molar-refractivity contribution in [3.63, 3.8) is 0 Å². The van der Waals surface area contributed by atoms with Gasteiger partial charge < -0.3 is 0 Å². The molecule has 0 heterocycles. The molecule has 1 rings (SSSR count). The van der Waals surface area contributed by atoms with Crippen molar-refractivity contribution in [1.82, 2.24) is 0 Å². The van der Waals surface area contributed by atoms with E-state index in [1.807, 2.05) is 0 Å². The van der Waals surface area contributed by atoms with Crippen LogP contribution in [0.15, 0.2) is 0 Å². The van der Waals surface area contributed by atoms with E-state index in [4.69, 9.17) is 0 Å². The average molecular weight is 182 g/mol. The quantitative estimate of drug-likeness (QED) is 0.587. The van der Waals surface area contributed by atoms with Crippen molar-refractivity contribution in [3.8, 4) is 0 Å². The molecule has 0 nitrogen and oxygen atoms in total. The van der Waals surface area contributed by atoms with Gasteiger partial charge in [0.25, 0.3) is 0 Å². The highest BCUT2D eigenvalue weighted by Crippen LogP contribution is 2.45. The lowest BCUT2D eigenvalue weighted by Crippen LogP contribution is -2.34. The smallest absolute Gasteiger partial charge is 0.0360 e. The third kappa shape index (κ3) is 3.00. The Hall–Kier alpha value is 0. The van der Waals surface area contributed by atoms with E-state index >= 15 is 0 Å². The molecule has 13 heavy (non-hydrogen) atoms. The van der Waals surface area contributed by atoms with Gasteiger partial charge in [0.15, 0.2) is 0 Å². The lowest BCUT2D eigenvalue weighted by atomic mass is 9.62. The van der Waals surface area contributed by atoms with Crippen molar-refractivity contribution in [2.75, 3.05) is 0 Å². The van der Waals surface area contributed by atoms with Crippen LogP contribution in [0.1, 0.15) is 59.8 Å². The van der Waals surface area contributed by atoms with Crippen molar-refractivity contribution < 1.29 is 0 Å². The highest BCUT2D eigenvalue weighted by Gasteiger charge is 2.36. The van der Waals surface area contributed by atoms with E-state index in [1.165, 1.54) is 32.1 Å². The number of rotatable bonds is 5. The number of hydrogen-bond acceptors (Lipinski definition) is 0. The molecule has 0 saturated heterocycles. The molecule has 0 aliphatic heterocycles. The summed E-state index contributed by atoms with van der Waals surface area (Å²) in [4.78, 5) is 0. The van der Waals surface area contributed by atoms with Crippen LogP contribution in [-0.2, 0) is 0 Å². The van der Waals surface area contributed by atoms with E-state index in [0.29, 0.717) is 0 Å². The average Bonchev–Trinajstić information content (AvgIpc) is 2.03. The van der Waals surface area contributed by atoms with E-state index in [1.54, 1.807) is 0 Å². The largest absolute Gasteiger partial charge is 0.0654 e. The van der Waals surface area contributed by atoms with Gasteiger partial charge in [0, 0.05) is 0 Å². The molecule has 1 fully saturated rings. The molecule has 0 heteroatoms. The summed E-state index contributed by atoms with van der Waals surface area (Å²) in [6.07, 6.45) is 7.30. The fourth-order valence-electron chi connectivity index (χ4n) is 2.84. The molecule has 0 aromatic carbocycles. The molecule has 0 amide bonds. The van der Waals surface area contributed by atoms with Crippen molar-refractivity contribution in [2.24, 2.45) is 23.7 Å². The van der Waals surface area contributed by atoms with Gasteiger partial charge in [-0.1, -0.05) is 47.0 Å². The maximum Gasteiger partial charge on any atom is -0.0360 e. The standard InChI is InChI=1S/C13H26/c1-5-6-12-9-11(4)13(12)8-7-10(2)3/h10-13H,5-9H2,1-4H3. The minimum atomic E-state index is 0.898. The van der Waals surface area contributed by atoms with E-state index in [2.05, 4.69) is 27.7 Å². The third-order valence-electron chi connectivity index (χ3n) is 3.75. The number of hydrogen-bond donors (Lipinski definition) is 0. The van der Waals surface area contributed by atoms with Gasteiger partial charge in [0.2, 0.25) is 0 Å². The summed E-state index contributed by atoms with van der Waals surface area (Å²) in [5.41, 5.74) is 0. The van der Waals surface area contributed by atoms with Crippen molar-refractivity contribution in [2.45, 2.75) is 59.8 Å². The molecule has 3 atom stereocenters. The fraction of sp³-hybridized carbons (Fsp3) is 1.00. The normalized spacial score (nSPS) is 33.5. The van der Waals surface area contributed by atoms with Crippen LogP contribution in [-0.4, -0.2) is 0 Å². The van der Waals surface area contributed by atoms with Gasteiger partial charge in [-0.3, -0.25) is 0 Å². The summed E-state index contributed by atoms with van der Waals surface area (Å²) in [5, 5.41) is 0. The molecule has 1 aliphatic rings. The van der Waals surface area contributed by atoms with Crippen molar-refractivity contribution >= 4 is 0 Å². The van der Waals surface area contributed by atoms with Crippen LogP contribution in [0.5, 0.6) is 0 Å². The Kier molecular flexibility index (Phi) is 4.28. The summed E-state index contributed by atoms with van der Waals surface area (Å²) in [6, 6.07) is 0. The van der Waals surface area contributed by atoms with Crippen molar-refractivity contribution in [1.29, 1.82) is 0 Å². The molecule has 0 radical (unpaired) electrons. The van der Waals surface area contributed by atoms with Crippen LogP contribution in [0.3, 0.4) is 0 Å². The van der Waals surface area contributed by atoms with Crippen LogP contribution in [0.4, 0.5) is 0 Å². The molecule has 0 N–H and O–H groups in total. The molecule has 1 saturated carbocycles. The van der Waals surface area contributed by atoms with Gasteiger partial charge in [0.05, 0.1) is 0 Å². The SMILES string of the molecule is CCCC1CC(C)C1CCC(C)C. The minimum absolute atomic E-state index is 0.898. The first-order valence-electron chi connectivity index (χ1n) is 6.15. The van der Waals surface area contributed by atoms with Gasteiger partial charge in [0.1, 0.15) is 0 Å². The van der Waals surface area contributed by atoms with Gasteiger partial charge in [-0.15, -0.1) is 0 Å². The molecule has 3 unspecified atom stereocenters.